The number of esters is 1. The summed E-state index contributed by atoms with van der Waals surface area (Å²) in [4.78, 5) is 24.4. The molecule has 3 rings (SSSR count). The van der Waals surface area contributed by atoms with Gasteiger partial charge in [0.15, 0.2) is 11.6 Å². The fraction of sp³-hybridized carbons (Fsp3) is 0.375. The molecule has 1 saturated carbocycles. The van der Waals surface area contributed by atoms with Crippen LogP contribution < -0.4 is 5.43 Å². The Balaban J connectivity index is 2.38. The van der Waals surface area contributed by atoms with E-state index in [0.29, 0.717) is 0 Å². The van der Waals surface area contributed by atoms with Crippen molar-refractivity contribution in [2.75, 3.05) is 6.61 Å². The molecule has 1 aliphatic rings. The highest BCUT2D eigenvalue weighted by atomic mass is 19.2. The highest BCUT2D eigenvalue weighted by molar-refractivity contribution is 5.94. The highest BCUT2D eigenvalue weighted by Gasteiger charge is 2.40. The van der Waals surface area contributed by atoms with Crippen LogP contribution in [0.15, 0.2) is 17.1 Å². The number of aromatic nitrogens is 1. The van der Waals surface area contributed by atoms with Gasteiger partial charge in [0.25, 0.3) is 0 Å². The van der Waals surface area contributed by atoms with Gasteiger partial charge in [-0.05, 0) is 19.9 Å². The summed E-state index contributed by atoms with van der Waals surface area (Å²) in [7, 11) is 0. The molecule has 2 atom stereocenters. The van der Waals surface area contributed by atoms with Crippen molar-refractivity contribution in [3.63, 3.8) is 0 Å². The van der Waals surface area contributed by atoms with E-state index in [4.69, 9.17) is 4.74 Å². The van der Waals surface area contributed by atoms with Gasteiger partial charge in [0.1, 0.15) is 11.7 Å². The third-order valence-electron chi connectivity index (χ3n) is 3.97. The van der Waals surface area contributed by atoms with Crippen molar-refractivity contribution < 1.29 is 22.7 Å². The number of benzene rings is 1. The Morgan fingerprint density at radius 3 is 2.65 bits per heavy atom. The van der Waals surface area contributed by atoms with Crippen LogP contribution in [-0.2, 0) is 4.74 Å². The Morgan fingerprint density at radius 2 is 2.09 bits per heavy atom. The lowest BCUT2D eigenvalue weighted by molar-refractivity contribution is 0.0524. The standard InChI is InChI=1S/C16H14F3NO3/c1-3-23-16(22)9-6-20(12-5-10(12)17)14-7(2)13(19)11(18)4-8(14)15(9)21/h4,6,10,12H,3,5H2,1-2H3. The molecule has 7 heteroatoms. The van der Waals surface area contributed by atoms with Gasteiger partial charge in [-0.1, -0.05) is 0 Å². The molecule has 1 fully saturated rings. The molecule has 0 saturated heterocycles. The first-order valence-corrected chi connectivity index (χ1v) is 7.21. The van der Waals surface area contributed by atoms with E-state index in [2.05, 4.69) is 0 Å². The normalized spacial score (nSPS) is 19.9. The molecular formula is C16H14F3NO3. The van der Waals surface area contributed by atoms with Crippen LogP contribution in [-0.4, -0.2) is 23.3 Å². The van der Waals surface area contributed by atoms with Gasteiger partial charge in [0.05, 0.1) is 18.2 Å². The Kier molecular flexibility index (Phi) is 3.66. The van der Waals surface area contributed by atoms with Crippen LogP contribution >= 0.6 is 0 Å². The number of nitrogens with zero attached hydrogens (tertiary/aromatic N) is 1. The summed E-state index contributed by atoms with van der Waals surface area (Å²) in [5.74, 6) is -3.15. The van der Waals surface area contributed by atoms with Crippen molar-refractivity contribution >= 4 is 16.9 Å². The van der Waals surface area contributed by atoms with Crippen molar-refractivity contribution in [1.82, 2.24) is 4.57 Å². The summed E-state index contributed by atoms with van der Waals surface area (Å²) >= 11 is 0. The Hall–Kier alpha value is -2.31. The summed E-state index contributed by atoms with van der Waals surface area (Å²) in [6.07, 6.45) is 0.221. The molecular weight excluding hydrogens is 311 g/mol. The molecule has 122 valence electrons. The predicted octanol–water partition coefficient (Wildman–Crippen LogP) is 3.05. The molecule has 0 spiro atoms. The SMILES string of the molecule is CCOC(=O)c1cn(C2CC2F)c2c(C)c(F)c(F)cc2c1=O. The van der Waals surface area contributed by atoms with E-state index >= 15 is 0 Å². The maximum absolute atomic E-state index is 13.9. The van der Waals surface area contributed by atoms with Gasteiger partial charge in [-0.25, -0.2) is 18.0 Å². The second-order valence-corrected chi connectivity index (χ2v) is 5.51. The number of rotatable bonds is 3. The van der Waals surface area contributed by atoms with Gasteiger partial charge in [0.2, 0.25) is 5.43 Å². The molecule has 0 bridgehead atoms. The summed E-state index contributed by atoms with van der Waals surface area (Å²) in [6, 6.07) is 0.143. The number of alkyl halides is 1. The fourth-order valence-electron chi connectivity index (χ4n) is 2.71. The smallest absolute Gasteiger partial charge is 0.343 e. The first kappa shape index (κ1) is 15.6. The van der Waals surface area contributed by atoms with E-state index < -0.39 is 35.2 Å². The molecule has 1 aromatic carbocycles. The molecule has 1 aromatic heterocycles. The van der Waals surface area contributed by atoms with Gasteiger partial charge < -0.3 is 9.30 Å². The number of ether oxygens (including phenoxy) is 1. The van der Waals surface area contributed by atoms with Gasteiger partial charge in [0, 0.05) is 23.6 Å². The van der Waals surface area contributed by atoms with E-state index in [0.717, 1.165) is 6.07 Å². The third kappa shape index (κ3) is 2.40. The zero-order valence-corrected chi connectivity index (χ0v) is 12.5. The second-order valence-electron chi connectivity index (χ2n) is 5.51. The van der Waals surface area contributed by atoms with Crippen LogP contribution in [0.1, 0.15) is 35.3 Å². The minimum absolute atomic E-state index is 0.0578. The summed E-state index contributed by atoms with van der Waals surface area (Å²) in [5.41, 5.74) is -1.06. The van der Waals surface area contributed by atoms with Gasteiger partial charge in [-0.3, -0.25) is 4.79 Å². The van der Waals surface area contributed by atoms with Crippen molar-refractivity contribution in [2.24, 2.45) is 0 Å². The van der Waals surface area contributed by atoms with E-state index in [1.165, 1.54) is 17.7 Å². The number of halogens is 3. The number of aryl methyl sites for hydroxylation is 1. The number of hydrogen-bond acceptors (Lipinski definition) is 3. The van der Waals surface area contributed by atoms with Crippen molar-refractivity contribution in [3.05, 3.63) is 45.2 Å². The minimum atomic E-state index is -1.19. The first-order valence-electron chi connectivity index (χ1n) is 7.21. The van der Waals surface area contributed by atoms with Crippen LogP contribution in [0.2, 0.25) is 0 Å². The minimum Gasteiger partial charge on any atom is -0.462 e. The molecule has 1 aliphatic carbocycles. The van der Waals surface area contributed by atoms with E-state index in [1.54, 1.807) is 6.92 Å². The molecule has 0 aliphatic heterocycles. The van der Waals surface area contributed by atoms with Crippen LogP contribution in [0, 0.1) is 18.6 Å². The number of pyridine rings is 1. The first-order chi connectivity index (χ1) is 10.9. The van der Waals surface area contributed by atoms with Crippen LogP contribution in [0.5, 0.6) is 0 Å². The maximum atomic E-state index is 13.9. The molecule has 0 N–H and O–H groups in total. The molecule has 2 unspecified atom stereocenters. The summed E-state index contributed by atoms with van der Waals surface area (Å²) in [5, 5.41) is -0.161. The average Bonchev–Trinajstić information content (AvgIpc) is 3.23. The van der Waals surface area contributed by atoms with Crippen molar-refractivity contribution in [2.45, 2.75) is 32.5 Å². The lowest BCUT2D eigenvalue weighted by atomic mass is 10.1. The Morgan fingerprint density at radius 1 is 1.43 bits per heavy atom. The quantitative estimate of drug-likeness (QED) is 0.815. The molecule has 0 amide bonds. The Labute approximate surface area is 129 Å². The largest absolute Gasteiger partial charge is 0.462 e. The predicted molar refractivity (Wildman–Crippen MR) is 77.4 cm³/mol. The molecule has 1 heterocycles. The van der Waals surface area contributed by atoms with Crippen molar-refractivity contribution in [1.29, 1.82) is 0 Å². The Bertz CT molecular complexity index is 875. The zero-order valence-electron chi connectivity index (χ0n) is 12.5. The number of carbonyl (C=O) groups excluding carboxylic acids is 1. The number of hydrogen-bond donors (Lipinski definition) is 0. The lowest BCUT2D eigenvalue weighted by Gasteiger charge is -2.15. The second kappa shape index (κ2) is 5.40. The van der Waals surface area contributed by atoms with Crippen LogP contribution in [0.4, 0.5) is 13.2 Å². The number of carbonyl (C=O) groups is 1. The molecule has 2 aromatic rings. The van der Waals surface area contributed by atoms with E-state index in [1.807, 2.05) is 0 Å². The maximum Gasteiger partial charge on any atom is 0.343 e. The zero-order chi connectivity index (χ0) is 16.9. The van der Waals surface area contributed by atoms with Crippen LogP contribution in [0.3, 0.4) is 0 Å². The monoisotopic (exact) mass is 325 g/mol. The topological polar surface area (TPSA) is 48.3 Å². The highest BCUT2D eigenvalue weighted by Crippen LogP contribution is 2.41. The average molecular weight is 325 g/mol. The lowest BCUT2D eigenvalue weighted by Crippen LogP contribution is -2.22. The van der Waals surface area contributed by atoms with Crippen LogP contribution in [0.25, 0.3) is 10.9 Å². The van der Waals surface area contributed by atoms with Gasteiger partial charge in [-0.2, -0.15) is 0 Å². The number of fused-ring (bicyclic) bond motifs is 1. The fourth-order valence-corrected chi connectivity index (χ4v) is 2.71. The molecule has 23 heavy (non-hydrogen) atoms. The molecule has 0 radical (unpaired) electrons. The van der Waals surface area contributed by atoms with E-state index in [9.17, 15) is 22.8 Å². The van der Waals surface area contributed by atoms with Crippen molar-refractivity contribution in [3.8, 4) is 0 Å². The summed E-state index contributed by atoms with van der Waals surface area (Å²) < 4.78 is 47.2. The van der Waals surface area contributed by atoms with E-state index in [-0.39, 0.29) is 35.1 Å². The molecule has 4 nitrogen and oxygen atoms in total. The van der Waals surface area contributed by atoms with Gasteiger partial charge >= 0.3 is 5.97 Å². The third-order valence-corrected chi connectivity index (χ3v) is 3.97. The van der Waals surface area contributed by atoms with Gasteiger partial charge in [-0.15, -0.1) is 0 Å². The summed E-state index contributed by atoms with van der Waals surface area (Å²) in [6.45, 7) is 2.95.